The fraction of sp³-hybridized carbons (Fsp3) is 0.320. The van der Waals surface area contributed by atoms with E-state index in [9.17, 15) is 4.79 Å². The molecule has 2 N–H and O–H groups in total. The number of rotatable bonds is 4. The molecule has 5 rings (SSSR count). The van der Waals surface area contributed by atoms with E-state index in [4.69, 9.17) is 23.2 Å². The minimum Gasteiger partial charge on any atom is -0.364 e. The van der Waals surface area contributed by atoms with Crippen LogP contribution in [0.5, 0.6) is 0 Å². The van der Waals surface area contributed by atoms with Crippen LogP contribution in [-0.2, 0) is 0 Å². The van der Waals surface area contributed by atoms with E-state index in [0.717, 1.165) is 13.1 Å². The molecule has 2 aromatic carbocycles. The van der Waals surface area contributed by atoms with Crippen LogP contribution in [-0.4, -0.2) is 54.8 Å². The minimum absolute atomic E-state index is 0.187. The van der Waals surface area contributed by atoms with Gasteiger partial charge in [0.2, 0.25) is 5.95 Å². The van der Waals surface area contributed by atoms with Crippen LogP contribution in [0.3, 0.4) is 0 Å². The lowest BCUT2D eigenvalue weighted by atomic mass is 10.1. The van der Waals surface area contributed by atoms with Crippen molar-refractivity contribution in [1.82, 2.24) is 15.3 Å². The molecule has 2 aliphatic heterocycles. The molecule has 0 bridgehead atoms. The Morgan fingerprint density at radius 3 is 2.64 bits per heavy atom. The first-order valence-electron chi connectivity index (χ1n) is 11.6. The van der Waals surface area contributed by atoms with Gasteiger partial charge in [-0.15, -0.1) is 0 Å². The van der Waals surface area contributed by atoms with Gasteiger partial charge in [-0.25, -0.2) is 9.37 Å². The Morgan fingerprint density at radius 1 is 1.17 bits per heavy atom. The van der Waals surface area contributed by atoms with Crippen LogP contribution in [0.4, 0.5) is 33.2 Å². The lowest BCUT2D eigenvalue weighted by Crippen LogP contribution is -2.54. The quantitative estimate of drug-likeness (QED) is 0.497. The van der Waals surface area contributed by atoms with Crippen LogP contribution < -0.4 is 25.3 Å². The zero-order valence-electron chi connectivity index (χ0n) is 20.1. The second kappa shape index (κ2) is 9.72. The fourth-order valence-electron chi connectivity index (χ4n) is 4.59. The fourth-order valence-corrected chi connectivity index (χ4v) is 5.19. The third kappa shape index (κ3) is 4.54. The zero-order valence-corrected chi connectivity index (χ0v) is 21.6. The van der Waals surface area contributed by atoms with Gasteiger partial charge in [0.15, 0.2) is 0 Å². The summed E-state index contributed by atoms with van der Waals surface area (Å²) in [7, 11) is 1.81. The molecular formula is C25H26Cl2FN7O. The first-order chi connectivity index (χ1) is 17.2. The summed E-state index contributed by atoms with van der Waals surface area (Å²) in [6, 6.07) is 10.6. The number of nitrogens with one attached hydrogen (secondary N) is 2. The molecule has 8 nitrogen and oxygen atoms in total. The summed E-state index contributed by atoms with van der Waals surface area (Å²) < 4.78 is 15.1. The Hall–Kier alpha value is -3.14. The molecule has 3 heterocycles. The SMILES string of the molecule is CC1CN(c2ccc(Nc3ncc4c(n3)N(C)CN(c3c(Cl)cccc3Cl)C4=O)cc2F)C(C)CN1. The Balaban J connectivity index is 1.38. The van der Waals surface area contributed by atoms with E-state index in [0.29, 0.717) is 38.5 Å². The Kier molecular flexibility index (Phi) is 6.63. The lowest BCUT2D eigenvalue weighted by Gasteiger charge is -2.39. The molecule has 1 saturated heterocycles. The van der Waals surface area contributed by atoms with Gasteiger partial charge in [0.05, 0.1) is 28.1 Å². The Bertz CT molecular complexity index is 1300. The van der Waals surface area contributed by atoms with Crippen molar-refractivity contribution in [1.29, 1.82) is 0 Å². The summed E-state index contributed by atoms with van der Waals surface area (Å²) in [4.78, 5) is 27.5. The van der Waals surface area contributed by atoms with E-state index < -0.39 is 0 Å². The highest BCUT2D eigenvalue weighted by molar-refractivity contribution is 6.40. The number of fused-ring (bicyclic) bond motifs is 1. The molecule has 0 aliphatic carbocycles. The van der Waals surface area contributed by atoms with E-state index in [1.807, 2.05) is 7.05 Å². The van der Waals surface area contributed by atoms with Crippen LogP contribution in [0.1, 0.15) is 24.2 Å². The molecule has 11 heteroatoms. The maximum absolute atomic E-state index is 15.1. The normalized spacial score (nSPS) is 19.9. The highest BCUT2D eigenvalue weighted by Gasteiger charge is 2.33. The van der Waals surface area contributed by atoms with Crippen molar-refractivity contribution in [2.45, 2.75) is 25.9 Å². The zero-order chi connectivity index (χ0) is 25.6. The molecule has 1 amide bonds. The number of amides is 1. The topological polar surface area (TPSA) is 76.6 Å². The molecule has 188 valence electrons. The summed E-state index contributed by atoms with van der Waals surface area (Å²) in [5, 5.41) is 7.22. The van der Waals surface area contributed by atoms with Gasteiger partial charge in [0.25, 0.3) is 5.91 Å². The number of para-hydroxylation sites is 1. The maximum atomic E-state index is 15.1. The van der Waals surface area contributed by atoms with Crippen molar-refractivity contribution in [2.75, 3.05) is 46.8 Å². The molecule has 2 aliphatic rings. The average molecular weight is 530 g/mol. The number of carbonyl (C=O) groups excluding carboxylic acids is 1. The van der Waals surface area contributed by atoms with Crippen molar-refractivity contribution in [2.24, 2.45) is 0 Å². The lowest BCUT2D eigenvalue weighted by molar-refractivity contribution is 0.0982. The van der Waals surface area contributed by atoms with E-state index in [2.05, 4.69) is 39.3 Å². The number of halogens is 3. The molecular weight excluding hydrogens is 504 g/mol. The minimum atomic E-state index is -0.321. The van der Waals surface area contributed by atoms with Gasteiger partial charge in [0, 0.05) is 44.1 Å². The van der Waals surface area contributed by atoms with Gasteiger partial charge in [-0.3, -0.25) is 9.69 Å². The van der Waals surface area contributed by atoms with Gasteiger partial charge < -0.3 is 20.4 Å². The van der Waals surface area contributed by atoms with Crippen molar-refractivity contribution >= 4 is 57.9 Å². The van der Waals surface area contributed by atoms with Crippen LogP contribution in [0.2, 0.25) is 10.0 Å². The first-order valence-corrected chi connectivity index (χ1v) is 12.4. The highest BCUT2D eigenvalue weighted by atomic mass is 35.5. The van der Waals surface area contributed by atoms with E-state index in [-0.39, 0.29) is 36.4 Å². The summed E-state index contributed by atoms with van der Waals surface area (Å²) in [6.45, 7) is 5.90. The number of nitrogens with zero attached hydrogens (tertiary/aromatic N) is 5. The van der Waals surface area contributed by atoms with E-state index >= 15 is 4.39 Å². The summed E-state index contributed by atoms with van der Waals surface area (Å²) in [5.74, 6) is 0.0875. The average Bonchev–Trinajstić information content (AvgIpc) is 2.84. The summed E-state index contributed by atoms with van der Waals surface area (Å²) >= 11 is 12.7. The number of hydrogen-bond donors (Lipinski definition) is 2. The molecule has 2 atom stereocenters. The van der Waals surface area contributed by atoms with Crippen molar-refractivity contribution in [3.8, 4) is 0 Å². The summed E-state index contributed by atoms with van der Waals surface area (Å²) in [5.41, 5.74) is 1.83. The number of benzene rings is 2. The molecule has 0 radical (unpaired) electrons. The van der Waals surface area contributed by atoms with Crippen LogP contribution >= 0.6 is 23.2 Å². The second-order valence-electron chi connectivity index (χ2n) is 9.18. The first kappa shape index (κ1) is 24.5. The second-order valence-corrected chi connectivity index (χ2v) is 9.99. The predicted molar refractivity (Wildman–Crippen MR) is 143 cm³/mol. The largest absolute Gasteiger partial charge is 0.364 e. The van der Waals surface area contributed by atoms with Gasteiger partial charge >= 0.3 is 0 Å². The van der Waals surface area contributed by atoms with E-state index in [1.54, 1.807) is 35.2 Å². The van der Waals surface area contributed by atoms with Gasteiger partial charge in [-0.1, -0.05) is 29.3 Å². The van der Waals surface area contributed by atoms with Gasteiger partial charge in [0.1, 0.15) is 17.2 Å². The third-order valence-electron chi connectivity index (χ3n) is 6.44. The maximum Gasteiger partial charge on any atom is 0.265 e. The Labute approximate surface area is 219 Å². The summed E-state index contributed by atoms with van der Waals surface area (Å²) in [6.07, 6.45) is 1.45. The Morgan fingerprint density at radius 2 is 1.92 bits per heavy atom. The number of carbonyl (C=O) groups is 1. The van der Waals surface area contributed by atoms with Crippen molar-refractivity contribution < 1.29 is 9.18 Å². The molecule has 0 saturated carbocycles. The molecule has 1 fully saturated rings. The number of aromatic nitrogens is 2. The van der Waals surface area contributed by atoms with Crippen molar-refractivity contribution in [3.63, 3.8) is 0 Å². The highest BCUT2D eigenvalue weighted by Crippen LogP contribution is 2.37. The molecule has 2 unspecified atom stereocenters. The third-order valence-corrected chi connectivity index (χ3v) is 7.05. The monoisotopic (exact) mass is 529 g/mol. The van der Waals surface area contributed by atoms with Crippen LogP contribution in [0.15, 0.2) is 42.6 Å². The smallest absolute Gasteiger partial charge is 0.265 e. The van der Waals surface area contributed by atoms with Crippen LogP contribution in [0, 0.1) is 5.82 Å². The number of hydrogen-bond acceptors (Lipinski definition) is 7. The molecule has 0 spiro atoms. The number of piperazine rings is 1. The molecule has 36 heavy (non-hydrogen) atoms. The number of anilines is 5. The van der Waals surface area contributed by atoms with Gasteiger partial charge in [-0.2, -0.15) is 4.98 Å². The van der Waals surface area contributed by atoms with E-state index in [1.165, 1.54) is 17.2 Å². The van der Waals surface area contributed by atoms with Crippen molar-refractivity contribution in [3.05, 3.63) is 64.0 Å². The van der Waals surface area contributed by atoms with Crippen LogP contribution in [0.25, 0.3) is 0 Å². The van der Waals surface area contributed by atoms with Gasteiger partial charge in [-0.05, 0) is 44.2 Å². The standard InChI is InChI=1S/C25H26Cl2FN7O/c1-14-12-34(15(2)10-29-14)21-8-7-16(9-20(21)28)31-25-30-11-17-23(32-25)33(3)13-35(24(17)36)22-18(26)5-4-6-19(22)27/h4-9,11,14-15,29H,10,12-13H2,1-3H3,(H,30,31,32). The molecule has 3 aromatic rings. The predicted octanol–water partition coefficient (Wildman–Crippen LogP) is 4.91. The molecule has 1 aromatic heterocycles.